The normalized spacial score (nSPS) is 43.5. The quantitative estimate of drug-likeness (QED) is 0.350. The molecule has 6 heteroatoms. The molecule has 0 aromatic heterocycles. The summed E-state index contributed by atoms with van der Waals surface area (Å²) in [5.41, 5.74) is 0. The van der Waals surface area contributed by atoms with Crippen molar-refractivity contribution in [1.82, 2.24) is 10.6 Å². The number of methoxy groups -OCH3 is 1. The zero-order chi connectivity index (χ0) is 19.8. The average molecular weight is 407 g/mol. The van der Waals surface area contributed by atoms with Crippen molar-refractivity contribution >= 4 is 5.91 Å². The van der Waals surface area contributed by atoms with Gasteiger partial charge in [-0.1, -0.05) is 0 Å². The lowest BCUT2D eigenvalue weighted by Gasteiger charge is -2.58. The molecule has 164 valence electrons. The minimum absolute atomic E-state index is 0.127. The van der Waals surface area contributed by atoms with Crippen LogP contribution in [0.2, 0.25) is 0 Å². The van der Waals surface area contributed by atoms with Gasteiger partial charge in [-0.2, -0.15) is 0 Å². The van der Waals surface area contributed by atoms with E-state index in [9.17, 15) is 4.79 Å². The summed E-state index contributed by atoms with van der Waals surface area (Å²) in [6, 6.07) is 0.582. The van der Waals surface area contributed by atoms with Gasteiger partial charge in [-0.05, 0) is 88.4 Å². The molecule has 0 aliphatic heterocycles. The van der Waals surface area contributed by atoms with Crippen molar-refractivity contribution in [2.75, 3.05) is 20.2 Å². The fourth-order valence-corrected chi connectivity index (χ4v) is 6.77. The van der Waals surface area contributed by atoms with Gasteiger partial charge in [-0.25, -0.2) is 9.78 Å². The second-order valence-electron chi connectivity index (χ2n) is 10.5. The number of rotatable bonds is 9. The Morgan fingerprint density at radius 2 is 1.59 bits per heavy atom. The number of amides is 1. The van der Waals surface area contributed by atoms with E-state index in [0.29, 0.717) is 30.3 Å². The molecule has 1 amide bonds. The Bertz CT molecular complexity index is 557. The van der Waals surface area contributed by atoms with Crippen molar-refractivity contribution in [3.05, 3.63) is 0 Å². The largest absolute Gasteiger partial charge is 0.355 e. The van der Waals surface area contributed by atoms with E-state index in [2.05, 4.69) is 10.6 Å². The number of hydrogen-bond donors (Lipinski definition) is 2. The van der Waals surface area contributed by atoms with Gasteiger partial charge >= 0.3 is 0 Å². The molecule has 2 N–H and O–H groups in total. The third kappa shape index (κ3) is 4.36. The number of carbonyl (C=O) groups is 1. The van der Waals surface area contributed by atoms with Crippen LogP contribution in [0.1, 0.15) is 70.6 Å². The van der Waals surface area contributed by atoms with E-state index in [1.54, 1.807) is 0 Å². The molecule has 6 fully saturated rings. The Hall–Kier alpha value is -0.690. The van der Waals surface area contributed by atoms with Crippen molar-refractivity contribution in [1.29, 1.82) is 0 Å². The van der Waals surface area contributed by atoms with Crippen LogP contribution in [0.25, 0.3) is 0 Å². The smallest absolute Gasteiger partial charge is 0.233 e. The van der Waals surface area contributed by atoms with E-state index in [1.807, 2.05) is 7.11 Å². The number of nitrogens with one attached hydrogen (secondary N) is 2. The standard InChI is InChI=1S/C23H38N2O4/c1-27-23(18-9-16-8-17(11-18)12-19(23)10-16)29-28-21-6-2-15(3-7-21)13-25-22(26)14-24-20-4-5-20/h15-21,24H,2-14H2,1H3,(H,25,26)/t15-,16?,17?,18?,19?,21+,23?. The van der Waals surface area contributed by atoms with Gasteiger partial charge in [0.2, 0.25) is 11.7 Å². The Morgan fingerprint density at radius 3 is 2.17 bits per heavy atom. The van der Waals surface area contributed by atoms with Crippen LogP contribution in [-0.2, 0) is 19.3 Å². The monoisotopic (exact) mass is 406 g/mol. The van der Waals surface area contributed by atoms with Gasteiger partial charge in [0.1, 0.15) is 0 Å². The van der Waals surface area contributed by atoms with Gasteiger partial charge < -0.3 is 15.4 Å². The summed E-state index contributed by atoms with van der Waals surface area (Å²) in [5.74, 6) is 2.94. The molecule has 0 spiro atoms. The van der Waals surface area contributed by atoms with E-state index in [4.69, 9.17) is 14.5 Å². The highest BCUT2D eigenvalue weighted by molar-refractivity contribution is 5.78. The summed E-state index contributed by atoms with van der Waals surface area (Å²) < 4.78 is 6.04. The molecule has 29 heavy (non-hydrogen) atoms. The molecule has 6 rings (SSSR count). The lowest BCUT2D eigenvalue weighted by Crippen LogP contribution is -2.60. The molecule has 0 aromatic rings. The molecular formula is C23H38N2O4. The van der Waals surface area contributed by atoms with Gasteiger partial charge in [-0.15, -0.1) is 0 Å². The van der Waals surface area contributed by atoms with Crippen LogP contribution >= 0.6 is 0 Å². The van der Waals surface area contributed by atoms with Crippen LogP contribution < -0.4 is 10.6 Å². The number of carbonyl (C=O) groups excluding carboxylic acids is 1. The second-order valence-corrected chi connectivity index (χ2v) is 10.5. The van der Waals surface area contributed by atoms with Gasteiger partial charge in [0, 0.05) is 31.5 Å². The first-order valence-electron chi connectivity index (χ1n) is 12.0. The van der Waals surface area contributed by atoms with Crippen LogP contribution in [0.15, 0.2) is 0 Å². The summed E-state index contributed by atoms with van der Waals surface area (Å²) in [5, 5.41) is 6.36. The van der Waals surface area contributed by atoms with Crippen LogP contribution in [0, 0.1) is 29.6 Å². The summed E-state index contributed by atoms with van der Waals surface area (Å²) in [6.07, 6.45) is 13.1. The van der Waals surface area contributed by atoms with Crippen LogP contribution in [0.5, 0.6) is 0 Å². The molecule has 6 nitrogen and oxygen atoms in total. The molecule has 6 saturated carbocycles. The molecule has 0 atom stereocenters. The third-order valence-corrected chi connectivity index (χ3v) is 8.42. The van der Waals surface area contributed by atoms with Crippen molar-refractivity contribution < 1.29 is 19.3 Å². The molecule has 4 bridgehead atoms. The predicted octanol–water partition coefficient (Wildman–Crippen LogP) is 3.16. The van der Waals surface area contributed by atoms with E-state index < -0.39 is 5.79 Å². The number of ether oxygens (including phenoxy) is 1. The van der Waals surface area contributed by atoms with Crippen LogP contribution in [0.3, 0.4) is 0 Å². The summed E-state index contributed by atoms with van der Waals surface area (Å²) in [7, 11) is 1.81. The topological polar surface area (TPSA) is 68.8 Å². The highest BCUT2D eigenvalue weighted by Gasteiger charge is 2.60. The second kappa shape index (κ2) is 8.45. The molecule has 0 aromatic carbocycles. The highest BCUT2D eigenvalue weighted by Crippen LogP contribution is 2.60. The van der Waals surface area contributed by atoms with Crippen molar-refractivity contribution in [3.8, 4) is 0 Å². The van der Waals surface area contributed by atoms with Crippen molar-refractivity contribution in [3.63, 3.8) is 0 Å². The minimum Gasteiger partial charge on any atom is -0.355 e. The molecule has 0 saturated heterocycles. The van der Waals surface area contributed by atoms with Crippen LogP contribution in [0.4, 0.5) is 0 Å². The Kier molecular flexibility index (Phi) is 5.89. The predicted molar refractivity (Wildman–Crippen MR) is 109 cm³/mol. The third-order valence-electron chi connectivity index (χ3n) is 8.42. The zero-order valence-corrected chi connectivity index (χ0v) is 17.9. The zero-order valence-electron chi connectivity index (χ0n) is 17.9. The lowest BCUT2D eigenvalue weighted by atomic mass is 9.53. The molecular weight excluding hydrogens is 368 g/mol. The first-order valence-corrected chi connectivity index (χ1v) is 12.0. The molecule has 0 radical (unpaired) electrons. The van der Waals surface area contributed by atoms with Gasteiger partial charge in [-0.3, -0.25) is 4.79 Å². The molecule has 0 heterocycles. The molecule has 6 aliphatic carbocycles. The number of hydrogen-bond acceptors (Lipinski definition) is 5. The SMILES string of the molecule is COC1(OO[C@H]2CC[C@@H](CNC(=O)CNC3CC3)CC2)C2CC3CC(C2)CC1C3. The van der Waals surface area contributed by atoms with Crippen molar-refractivity contribution in [2.45, 2.75) is 88.6 Å². The maximum Gasteiger partial charge on any atom is 0.233 e. The van der Waals surface area contributed by atoms with E-state index in [0.717, 1.165) is 44.1 Å². The fraction of sp³-hybridized carbons (Fsp3) is 0.957. The molecule has 6 aliphatic rings. The highest BCUT2D eigenvalue weighted by atomic mass is 17.2. The first kappa shape index (κ1) is 20.2. The van der Waals surface area contributed by atoms with E-state index in [-0.39, 0.29) is 12.0 Å². The van der Waals surface area contributed by atoms with Gasteiger partial charge in [0.25, 0.3) is 0 Å². The van der Waals surface area contributed by atoms with E-state index >= 15 is 0 Å². The molecule has 0 unspecified atom stereocenters. The fourth-order valence-electron chi connectivity index (χ4n) is 6.77. The van der Waals surface area contributed by atoms with Crippen molar-refractivity contribution in [2.24, 2.45) is 29.6 Å². The van der Waals surface area contributed by atoms with Gasteiger partial charge in [0.05, 0.1) is 12.6 Å². The minimum atomic E-state index is -0.507. The van der Waals surface area contributed by atoms with Crippen LogP contribution in [-0.4, -0.2) is 44.0 Å². The van der Waals surface area contributed by atoms with E-state index in [1.165, 1.54) is 44.9 Å². The Labute approximate surface area is 174 Å². The maximum atomic E-state index is 11.9. The van der Waals surface area contributed by atoms with Gasteiger partial charge in [0.15, 0.2) is 0 Å². The summed E-state index contributed by atoms with van der Waals surface area (Å²) in [6.45, 7) is 1.24. The lowest BCUT2D eigenvalue weighted by molar-refractivity contribution is -0.485. The summed E-state index contributed by atoms with van der Waals surface area (Å²) in [4.78, 5) is 24.1. The first-order chi connectivity index (χ1) is 14.1. The average Bonchev–Trinajstić information content (AvgIpc) is 3.56. The Balaban J connectivity index is 1.04. The maximum absolute atomic E-state index is 11.9. The summed E-state index contributed by atoms with van der Waals surface area (Å²) >= 11 is 0. The Morgan fingerprint density at radius 1 is 0.931 bits per heavy atom.